The van der Waals surface area contributed by atoms with Crippen LogP contribution in [0, 0.1) is 5.82 Å². The standard InChI is InChI=1S/C25H24F4N4O3/c26-18-12-31-23-22(17-4-1-14(34)2-6-20(17)32-23)21(18)13-7-9-33(10-8-13)24(35)16-5-3-15(11-19(16)30)36-25(27,28)29/h3,5,11-13H,1-2,4,6-10,30H2,(H,31,32). The minimum Gasteiger partial charge on any atom is -0.406 e. The largest absolute Gasteiger partial charge is 0.573 e. The van der Waals surface area contributed by atoms with E-state index in [0.717, 1.165) is 28.8 Å². The molecule has 190 valence electrons. The number of rotatable bonds is 3. The number of pyridine rings is 1. The molecule has 0 unspecified atom stereocenters. The van der Waals surface area contributed by atoms with Crippen LogP contribution in [-0.2, 0) is 17.6 Å². The Labute approximate surface area is 203 Å². The smallest absolute Gasteiger partial charge is 0.406 e. The molecule has 0 radical (unpaired) electrons. The first-order valence-electron chi connectivity index (χ1n) is 11.7. The number of likely N-dealkylation sites (tertiary alicyclic amines) is 1. The van der Waals surface area contributed by atoms with Gasteiger partial charge in [-0.3, -0.25) is 9.59 Å². The lowest BCUT2D eigenvalue weighted by atomic mass is 9.86. The van der Waals surface area contributed by atoms with Crippen LogP contribution in [0.1, 0.15) is 58.8 Å². The molecule has 7 nitrogen and oxygen atoms in total. The second-order valence-corrected chi connectivity index (χ2v) is 9.23. The summed E-state index contributed by atoms with van der Waals surface area (Å²) >= 11 is 0. The summed E-state index contributed by atoms with van der Waals surface area (Å²) in [6.45, 7) is 0.663. The van der Waals surface area contributed by atoms with E-state index in [-0.39, 0.29) is 23.0 Å². The van der Waals surface area contributed by atoms with Crippen molar-refractivity contribution in [3.8, 4) is 5.75 Å². The first-order valence-corrected chi connectivity index (χ1v) is 11.7. The number of carbonyl (C=O) groups is 2. The maximum atomic E-state index is 15.1. The zero-order valence-electron chi connectivity index (χ0n) is 19.3. The molecule has 0 bridgehead atoms. The number of nitrogens with zero attached hydrogens (tertiary/aromatic N) is 2. The van der Waals surface area contributed by atoms with Crippen LogP contribution in [-0.4, -0.2) is 46.0 Å². The number of nitrogens with two attached hydrogens (primary N) is 1. The quantitative estimate of drug-likeness (QED) is 0.307. The van der Waals surface area contributed by atoms with Gasteiger partial charge in [-0.15, -0.1) is 13.2 Å². The van der Waals surface area contributed by atoms with Crippen LogP contribution >= 0.6 is 0 Å². The third kappa shape index (κ3) is 4.61. The van der Waals surface area contributed by atoms with Crippen molar-refractivity contribution < 1.29 is 31.9 Å². The second-order valence-electron chi connectivity index (χ2n) is 9.23. The maximum absolute atomic E-state index is 15.1. The zero-order chi connectivity index (χ0) is 25.6. The van der Waals surface area contributed by atoms with Crippen LogP contribution in [0.15, 0.2) is 24.4 Å². The highest BCUT2D eigenvalue weighted by Gasteiger charge is 2.33. The molecule has 0 atom stereocenters. The number of halogens is 4. The number of benzene rings is 1. The third-order valence-corrected chi connectivity index (χ3v) is 6.99. The average Bonchev–Trinajstić information content (AvgIpc) is 3.07. The van der Waals surface area contributed by atoms with E-state index in [9.17, 15) is 22.8 Å². The van der Waals surface area contributed by atoms with Crippen molar-refractivity contribution in [2.75, 3.05) is 18.8 Å². The van der Waals surface area contributed by atoms with Gasteiger partial charge in [0, 0.05) is 54.3 Å². The number of aromatic amines is 1. The maximum Gasteiger partial charge on any atom is 0.573 e. The molecule has 3 N–H and O–H groups in total. The van der Waals surface area contributed by atoms with Crippen molar-refractivity contribution >= 4 is 28.4 Å². The number of nitrogen functional groups attached to an aromatic ring is 1. The number of carbonyl (C=O) groups excluding carboxylic acids is 2. The van der Waals surface area contributed by atoms with Gasteiger partial charge < -0.3 is 20.4 Å². The Kier molecular flexibility index (Phi) is 6.09. The molecule has 0 saturated carbocycles. The van der Waals surface area contributed by atoms with Gasteiger partial charge in [0.2, 0.25) is 0 Å². The first-order chi connectivity index (χ1) is 17.1. The van der Waals surface area contributed by atoms with Crippen molar-refractivity contribution in [1.29, 1.82) is 0 Å². The van der Waals surface area contributed by atoms with E-state index in [2.05, 4.69) is 14.7 Å². The molecule has 2 aliphatic rings. The SMILES string of the molecule is Nc1cc(OC(F)(F)F)ccc1C(=O)N1CCC(c2c(F)cnc3[nH]c4c(c23)CCC(=O)CC4)CC1. The number of nitrogens with one attached hydrogen (secondary N) is 1. The third-order valence-electron chi connectivity index (χ3n) is 6.99. The summed E-state index contributed by atoms with van der Waals surface area (Å²) in [6.07, 6.45) is -0.681. The van der Waals surface area contributed by atoms with Gasteiger partial charge in [-0.2, -0.15) is 0 Å². The summed E-state index contributed by atoms with van der Waals surface area (Å²) in [6, 6.07) is 3.24. The van der Waals surface area contributed by atoms with Gasteiger partial charge in [0.25, 0.3) is 5.91 Å². The van der Waals surface area contributed by atoms with Crippen LogP contribution < -0.4 is 10.5 Å². The lowest BCUT2D eigenvalue weighted by molar-refractivity contribution is -0.274. The highest BCUT2D eigenvalue weighted by Crippen LogP contribution is 2.39. The van der Waals surface area contributed by atoms with Gasteiger partial charge in [0.15, 0.2) is 0 Å². The normalized spacial score (nSPS) is 17.2. The fraction of sp³-hybridized carbons (Fsp3) is 0.400. The summed E-state index contributed by atoms with van der Waals surface area (Å²) in [4.78, 5) is 34.0. The molecule has 3 heterocycles. The Bertz CT molecular complexity index is 1340. The molecule has 1 aromatic carbocycles. The number of anilines is 1. The Hall–Kier alpha value is -3.63. The number of Topliss-reactive ketones (excluding diaryl/α,β-unsaturated/α-hetero) is 1. The van der Waals surface area contributed by atoms with Gasteiger partial charge in [-0.05, 0) is 49.3 Å². The molecule has 11 heteroatoms. The number of hydrogen-bond donors (Lipinski definition) is 2. The van der Waals surface area contributed by atoms with Gasteiger partial charge in [-0.25, -0.2) is 9.37 Å². The summed E-state index contributed by atoms with van der Waals surface area (Å²) in [5.41, 5.74) is 8.86. The topological polar surface area (TPSA) is 101 Å². The minimum atomic E-state index is -4.86. The van der Waals surface area contributed by atoms with Gasteiger partial charge in [0.1, 0.15) is 23.0 Å². The van der Waals surface area contributed by atoms with Gasteiger partial charge in [0.05, 0.1) is 11.8 Å². The summed E-state index contributed by atoms with van der Waals surface area (Å²) in [5.74, 6) is -1.28. The highest BCUT2D eigenvalue weighted by atomic mass is 19.4. The van der Waals surface area contributed by atoms with Gasteiger partial charge in [-0.1, -0.05) is 0 Å². The van der Waals surface area contributed by atoms with Crippen LogP contribution in [0.4, 0.5) is 23.2 Å². The summed E-state index contributed by atoms with van der Waals surface area (Å²) in [7, 11) is 0. The van der Waals surface area contributed by atoms with Crippen molar-refractivity contribution in [3.63, 3.8) is 0 Å². The number of H-pyrrole nitrogens is 1. The first kappa shape index (κ1) is 24.1. The van der Waals surface area contributed by atoms with E-state index in [1.165, 1.54) is 12.3 Å². The number of ether oxygens (including phenoxy) is 1. The van der Waals surface area contributed by atoms with Crippen molar-refractivity contribution in [2.24, 2.45) is 0 Å². The molecule has 1 amide bonds. The van der Waals surface area contributed by atoms with E-state index in [0.29, 0.717) is 62.8 Å². The number of hydrogen-bond acceptors (Lipinski definition) is 5. The highest BCUT2D eigenvalue weighted by molar-refractivity contribution is 5.99. The number of fused-ring (bicyclic) bond motifs is 3. The molecule has 3 aromatic rings. The Morgan fingerprint density at radius 2 is 1.86 bits per heavy atom. The van der Waals surface area contributed by atoms with Crippen molar-refractivity contribution in [2.45, 2.75) is 50.8 Å². The monoisotopic (exact) mass is 504 g/mol. The number of alkyl halides is 3. The summed E-state index contributed by atoms with van der Waals surface area (Å²) in [5, 5.41) is 0.744. The lowest BCUT2D eigenvalue weighted by Gasteiger charge is -2.33. The molecule has 36 heavy (non-hydrogen) atoms. The number of amides is 1. The van der Waals surface area contributed by atoms with Crippen LogP contribution in [0.3, 0.4) is 0 Å². The fourth-order valence-electron chi connectivity index (χ4n) is 5.29. The Balaban J connectivity index is 1.35. The lowest BCUT2D eigenvalue weighted by Crippen LogP contribution is -2.38. The predicted molar refractivity (Wildman–Crippen MR) is 123 cm³/mol. The Morgan fingerprint density at radius 1 is 1.14 bits per heavy atom. The van der Waals surface area contributed by atoms with E-state index in [4.69, 9.17) is 5.73 Å². The molecule has 2 aromatic heterocycles. The number of aryl methyl sites for hydroxylation is 2. The average molecular weight is 504 g/mol. The predicted octanol–water partition coefficient (Wildman–Crippen LogP) is 4.65. The number of piperidine rings is 1. The molecule has 5 rings (SSSR count). The van der Waals surface area contributed by atoms with Gasteiger partial charge >= 0.3 is 6.36 Å². The zero-order valence-corrected chi connectivity index (χ0v) is 19.3. The molecule has 0 spiro atoms. The van der Waals surface area contributed by atoms with Crippen molar-refractivity contribution in [3.05, 3.63) is 52.6 Å². The molecular formula is C25H24F4N4O3. The van der Waals surface area contributed by atoms with Crippen LogP contribution in [0.2, 0.25) is 0 Å². The number of ketones is 1. The fourth-order valence-corrected chi connectivity index (χ4v) is 5.29. The minimum absolute atomic E-state index is 0.0843. The van der Waals surface area contributed by atoms with E-state index < -0.39 is 23.8 Å². The van der Waals surface area contributed by atoms with Crippen LogP contribution in [0.5, 0.6) is 5.75 Å². The number of aromatic nitrogens is 2. The summed E-state index contributed by atoms with van der Waals surface area (Å²) < 4.78 is 56.3. The van der Waals surface area contributed by atoms with Crippen molar-refractivity contribution in [1.82, 2.24) is 14.9 Å². The van der Waals surface area contributed by atoms with E-state index >= 15 is 4.39 Å². The molecular weight excluding hydrogens is 480 g/mol. The Morgan fingerprint density at radius 3 is 2.56 bits per heavy atom. The van der Waals surface area contributed by atoms with E-state index in [1.807, 2.05) is 0 Å². The second kappa shape index (κ2) is 9.11. The molecule has 1 fully saturated rings. The van der Waals surface area contributed by atoms with Crippen LogP contribution in [0.25, 0.3) is 11.0 Å². The molecule has 1 aliphatic carbocycles. The van der Waals surface area contributed by atoms with E-state index in [1.54, 1.807) is 4.90 Å². The molecule has 1 saturated heterocycles. The molecule has 1 aliphatic heterocycles.